The molecule has 0 aromatic heterocycles. The first-order chi connectivity index (χ1) is 8.16. The largest absolute Gasteiger partial charge is 0.325 e. The van der Waals surface area contributed by atoms with E-state index in [9.17, 15) is 4.79 Å². The van der Waals surface area contributed by atoms with Crippen molar-refractivity contribution in [1.82, 2.24) is 0 Å². The maximum atomic E-state index is 12.1. The predicted molar refractivity (Wildman–Crippen MR) is 59.7 cm³/mol. The van der Waals surface area contributed by atoms with Gasteiger partial charge >= 0.3 is 0 Å². The predicted octanol–water partition coefficient (Wildman–Crippen LogP) is 1.48. The molecule has 1 N–H and O–H groups in total. The molecule has 4 heteroatoms. The first-order valence-corrected chi connectivity index (χ1v) is 5.38. The van der Waals surface area contributed by atoms with Crippen LogP contribution in [0.3, 0.4) is 0 Å². The lowest BCUT2D eigenvalue weighted by Gasteiger charge is -2.05. The van der Waals surface area contributed by atoms with Gasteiger partial charge in [-0.3, -0.25) is 4.79 Å². The van der Waals surface area contributed by atoms with E-state index in [1.807, 2.05) is 25.1 Å². The van der Waals surface area contributed by atoms with Crippen LogP contribution in [0.5, 0.6) is 0 Å². The molecule has 0 saturated heterocycles. The molecule has 1 amide bonds. The highest BCUT2D eigenvalue weighted by Gasteiger charge is 2.74. The summed E-state index contributed by atoms with van der Waals surface area (Å²) in [5, 5.41) is 20.9. The van der Waals surface area contributed by atoms with Crippen LogP contribution in [0, 0.1) is 41.4 Å². The lowest BCUT2D eigenvalue weighted by Crippen LogP contribution is -2.22. The molecule has 0 unspecified atom stereocenters. The third-order valence-corrected chi connectivity index (χ3v) is 3.73. The van der Waals surface area contributed by atoms with Gasteiger partial charge in [-0.25, -0.2) is 0 Å². The second kappa shape index (κ2) is 2.87. The molecule has 1 saturated carbocycles. The van der Waals surface area contributed by atoms with Gasteiger partial charge in [-0.2, -0.15) is 10.5 Å². The number of anilines is 1. The van der Waals surface area contributed by atoms with Crippen molar-refractivity contribution in [2.45, 2.75) is 12.3 Å². The standard InChI is InChI=1S/C13H9N3O/c1-7-2-3-8-11(4-7)16-12(17)13(8)9(5-14)10(13)6-15/h2-4,9-10H,1H3,(H,16,17)/t9-,10-/m1/s1. The molecule has 1 aliphatic carbocycles. The maximum absolute atomic E-state index is 12.1. The summed E-state index contributed by atoms with van der Waals surface area (Å²) in [6.45, 7) is 1.94. The summed E-state index contributed by atoms with van der Waals surface area (Å²) < 4.78 is 0. The number of nitrogens with one attached hydrogen (secondary N) is 1. The molecule has 1 aliphatic heterocycles. The fourth-order valence-electron chi connectivity index (χ4n) is 2.83. The van der Waals surface area contributed by atoms with Gasteiger partial charge in [0.15, 0.2) is 0 Å². The summed E-state index contributed by atoms with van der Waals surface area (Å²) in [6.07, 6.45) is 0. The Morgan fingerprint density at radius 3 is 2.53 bits per heavy atom. The van der Waals surface area contributed by atoms with E-state index < -0.39 is 17.3 Å². The van der Waals surface area contributed by atoms with Gasteiger partial charge in [-0.1, -0.05) is 12.1 Å². The minimum absolute atomic E-state index is 0.212. The van der Waals surface area contributed by atoms with Crippen LogP contribution in [0.15, 0.2) is 18.2 Å². The average Bonchev–Trinajstić information content (AvgIpc) is 2.88. The van der Waals surface area contributed by atoms with Crippen molar-refractivity contribution in [2.75, 3.05) is 5.32 Å². The molecule has 1 aromatic carbocycles. The van der Waals surface area contributed by atoms with E-state index in [0.717, 1.165) is 16.8 Å². The van der Waals surface area contributed by atoms with Gasteiger partial charge < -0.3 is 5.32 Å². The van der Waals surface area contributed by atoms with E-state index in [1.165, 1.54) is 0 Å². The van der Waals surface area contributed by atoms with E-state index in [2.05, 4.69) is 17.5 Å². The number of nitriles is 2. The third kappa shape index (κ3) is 0.933. The number of carbonyl (C=O) groups excluding carboxylic acids is 1. The Kier molecular flexibility index (Phi) is 1.66. The van der Waals surface area contributed by atoms with Crippen molar-refractivity contribution < 1.29 is 4.79 Å². The second-order valence-corrected chi connectivity index (χ2v) is 4.59. The highest BCUT2D eigenvalue weighted by Crippen LogP contribution is 2.64. The van der Waals surface area contributed by atoms with Crippen LogP contribution in [-0.2, 0) is 10.2 Å². The number of amides is 1. The van der Waals surface area contributed by atoms with Gasteiger partial charge in [-0.05, 0) is 24.1 Å². The Labute approximate surface area is 98.5 Å². The number of hydrogen-bond acceptors (Lipinski definition) is 3. The lowest BCUT2D eigenvalue weighted by atomic mass is 9.93. The summed E-state index contributed by atoms with van der Waals surface area (Å²) in [5.41, 5.74) is 1.68. The molecule has 4 nitrogen and oxygen atoms in total. The highest BCUT2D eigenvalue weighted by atomic mass is 16.2. The summed E-state index contributed by atoms with van der Waals surface area (Å²) in [7, 11) is 0. The molecule has 1 fully saturated rings. The van der Waals surface area contributed by atoms with Crippen LogP contribution in [0.1, 0.15) is 11.1 Å². The molecule has 0 bridgehead atoms. The molecule has 2 aliphatic rings. The molecule has 0 radical (unpaired) electrons. The molecule has 17 heavy (non-hydrogen) atoms. The van der Waals surface area contributed by atoms with Crippen LogP contribution >= 0.6 is 0 Å². The second-order valence-electron chi connectivity index (χ2n) is 4.59. The van der Waals surface area contributed by atoms with E-state index in [-0.39, 0.29) is 5.91 Å². The quantitative estimate of drug-likeness (QED) is 0.723. The third-order valence-electron chi connectivity index (χ3n) is 3.73. The van der Waals surface area contributed by atoms with Crippen molar-refractivity contribution in [1.29, 1.82) is 10.5 Å². The van der Waals surface area contributed by atoms with Gasteiger partial charge in [0.05, 0.1) is 24.0 Å². The number of hydrogen-bond donors (Lipinski definition) is 1. The summed E-state index contributed by atoms with van der Waals surface area (Å²) in [6, 6.07) is 9.78. The monoisotopic (exact) mass is 223 g/mol. The smallest absolute Gasteiger partial charge is 0.237 e. The van der Waals surface area contributed by atoms with Crippen molar-refractivity contribution in [3.8, 4) is 12.1 Å². The molecule has 1 spiro atoms. The first-order valence-electron chi connectivity index (χ1n) is 5.38. The number of nitrogens with zero attached hydrogens (tertiary/aromatic N) is 2. The fourth-order valence-corrected chi connectivity index (χ4v) is 2.83. The SMILES string of the molecule is Cc1ccc2c(c1)NC(=O)C21[C@H](C#N)[C@H]1C#N. The normalized spacial score (nSPS) is 32.5. The number of aryl methyl sites for hydroxylation is 1. The summed E-state index contributed by atoms with van der Waals surface area (Å²) >= 11 is 0. The first kappa shape index (κ1) is 9.86. The molecule has 82 valence electrons. The molecule has 1 aromatic rings. The maximum Gasteiger partial charge on any atom is 0.237 e. The molecular formula is C13H9N3O. The topological polar surface area (TPSA) is 76.7 Å². The molecule has 3 rings (SSSR count). The lowest BCUT2D eigenvalue weighted by molar-refractivity contribution is -0.118. The van der Waals surface area contributed by atoms with E-state index >= 15 is 0 Å². The summed E-state index contributed by atoms with van der Waals surface area (Å²) in [4.78, 5) is 12.1. The van der Waals surface area contributed by atoms with E-state index in [1.54, 1.807) is 0 Å². The zero-order valence-electron chi connectivity index (χ0n) is 9.19. The van der Waals surface area contributed by atoms with Crippen LogP contribution in [0.4, 0.5) is 5.69 Å². The van der Waals surface area contributed by atoms with Gasteiger partial charge in [0.2, 0.25) is 5.91 Å². The number of fused-ring (bicyclic) bond motifs is 2. The molecular weight excluding hydrogens is 214 g/mol. The van der Waals surface area contributed by atoms with Gasteiger partial charge in [0, 0.05) is 5.69 Å². The minimum Gasteiger partial charge on any atom is -0.325 e. The minimum atomic E-state index is -0.910. The van der Waals surface area contributed by atoms with Crippen molar-refractivity contribution in [3.05, 3.63) is 29.3 Å². The van der Waals surface area contributed by atoms with Crippen molar-refractivity contribution in [2.24, 2.45) is 11.8 Å². The number of benzene rings is 1. The van der Waals surface area contributed by atoms with Crippen molar-refractivity contribution >= 4 is 11.6 Å². The highest BCUT2D eigenvalue weighted by molar-refractivity contribution is 6.10. The Bertz CT molecular complexity index is 601. The van der Waals surface area contributed by atoms with Crippen LogP contribution in [0.25, 0.3) is 0 Å². The Morgan fingerprint density at radius 1 is 1.29 bits per heavy atom. The molecule has 1 heterocycles. The van der Waals surface area contributed by atoms with Crippen LogP contribution in [0.2, 0.25) is 0 Å². The Hall–Kier alpha value is -2.33. The van der Waals surface area contributed by atoms with Crippen molar-refractivity contribution in [3.63, 3.8) is 0 Å². The van der Waals surface area contributed by atoms with Crippen LogP contribution < -0.4 is 5.32 Å². The van der Waals surface area contributed by atoms with Gasteiger partial charge in [0.25, 0.3) is 0 Å². The molecule has 2 atom stereocenters. The van der Waals surface area contributed by atoms with E-state index in [4.69, 9.17) is 10.5 Å². The summed E-state index contributed by atoms with van der Waals surface area (Å²) in [5.74, 6) is -1.25. The zero-order chi connectivity index (χ0) is 12.2. The Balaban J connectivity index is 2.21. The van der Waals surface area contributed by atoms with Gasteiger partial charge in [0.1, 0.15) is 5.41 Å². The average molecular weight is 223 g/mol. The number of rotatable bonds is 0. The van der Waals surface area contributed by atoms with E-state index in [0.29, 0.717) is 0 Å². The number of carbonyl (C=O) groups is 1. The fraction of sp³-hybridized carbons (Fsp3) is 0.308. The van der Waals surface area contributed by atoms with Crippen LogP contribution in [-0.4, -0.2) is 5.91 Å². The Morgan fingerprint density at radius 2 is 1.94 bits per heavy atom. The zero-order valence-corrected chi connectivity index (χ0v) is 9.19. The van der Waals surface area contributed by atoms with Gasteiger partial charge in [-0.15, -0.1) is 0 Å².